The van der Waals surface area contributed by atoms with E-state index in [2.05, 4.69) is 20.0 Å². The number of piperazine rings is 1. The van der Waals surface area contributed by atoms with E-state index in [9.17, 15) is 20.1 Å². The van der Waals surface area contributed by atoms with Crippen molar-refractivity contribution < 1.29 is 20.1 Å². The SMILES string of the molecule is CC(=O)N1CCC(N2CCN(c3ccc(-n4c(O)nnc4-c4cc(C(C)C)c(O)cc4O)cc3)CC2)CC1. The Kier molecular flexibility index (Phi) is 7.16. The molecule has 10 nitrogen and oxygen atoms in total. The monoisotopic (exact) mass is 520 g/mol. The van der Waals surface area contributed by atoms with Gasteiger partial charge in [0.05, 0.1) is 11.3 Å². The van der Waals surface area contributed by atoms with E-state index < -0.39 is 0 Å². The fourth-order valence-electron chi connectivity index (χ4n) is 5.63. The van der Waals surface area contributed by atoms with Crippen LogP contribution in [0, 0.1) is 0 Å². The molecule has 1 amide bonds. The molecule has 3 N–H and O–H groups in total. The Bertz CT molecular complexity index is 1290. The highest BCUT2D eigenvalue weighted by molar-refractivity contribution is 5.73. The number of amides is 1. The molecule has 0 unspecified atom stereocenters. The van der Waals surface area contributed by atoms with E-state index in [4.69, 9.17) is 0 Å². The Morgan fingerprint density at radius 2 is 1.50 bits per heavy atom. The summed E-state index contributed by atoms with van der Waals surface area (Å²) in [7, 11) is 0. The van der Waals surface area contributed by atoms with Gasteiger partial charge in [0, 0.05) is 64.0 Å². The smallest absolute Gasteiger partial charge is 0.319 e. The standard InChI is InChI=1S/C28H36N6O4/c1-18(2)23-16-24(26(37)17-25(23)36)27-29-30-28(38)34(27)22-6-4-20(5-7-22)32-12-14-33(15-13-32)21-8-10-31(11-9-21)19(3)35/h4-7,16-18,21,36-37H,8-15H2,1-3H3,(H,30,38). The maximum atomic E-state index is 11.6. The average Bonchev–Trinajstić information content (AvgIpc) is 3.29. The summed E-state index contributed by atoms with van der Waals surface area (Å²) in [4.78, 5) is 18.5. The van der Waals surface area contributed by atoms with Gasteiger partial charge in [-0.1, -0.05) is 18.9 Å². The number of phenolic OH excluding ortho intramolecular Hbond substituents is 2. The molecule has 202 valence electrons. The van der Waals surface area contributed by atoms with Crippen LogP contribution in [0.5, 0.6) is 17.5 Å². The highest BCUT2D eigenvalue weighted by Gasteiger charge is 2.28. The number of nitrogens with zero attached hydrogens (tertiary/aromatic N) is 6. The number of phenols is 2. The van der Waals surface area contributed by atoms with Crippen molar-refractivity contribution in [3.8, 4) is 34.6 Å². The first-order chi connectivity index (χ1) is 18.2. The molecule has 2 aromatic carbocycles. The van der Waals surface area contributed by atoms with Crippen molar-refractivity contribution in [2.45, 2.75) is 45.6 Å². The van der Waals surface area contributed by atoms with Crippen LogP contribution in [0.25, 0.3) is 17.1 Å². The third-order valence-electron chi connectivity index (χ3n) is 7.87. The Morgan fingerprint density at radius 1 is 0.868 bits per heavy atom. The van der Waals surface area contributed by atoms with E-state index in [-0.39, 0.29) is 29.3 Å². The highest BCUT2D eigenvalue weighted by atomic mass is 16.3. The Hall–Kier alpha value is -3.79. The summed E-state index contributed by atoms with van der Waals surface area (Å²) in [6.07, 6.45) is 2.07. The molecule has 5 rings (SSSR count). The van der Waals surface area contributed by atoms with Crippen LogP contribution in [0.2, 0.25) is 0 Å². The Morgan fingerprint density at radius 3 is 2.11 bits per heavy atom. The van der Waals surface area contributed by atoms with Gasteiger partial charge in [-0.15, -0.1) is 5.10 Å². The second kappa shape index (κ2) is 10.5. The molecular formula is C28H36N6O4. The van der Waals surface area contributed by atoms with E-state index in [1.165, 1.54) is 10.6 Å². The fraction of sp³-hybridized carbons (Fsp3) is 0.464. The van der Waals surface area contributed by atoms with Crippen molar-refractivity contribution >= 4 is 11.6 Å². The van der Waals surface area contributed by atoms with Gasteiger partial charge in [-0.25, -0.2) is 4.57 Å². The summed E-state index contributed by atoms with van der Waals surface area (Å²) in [5.74, 6) is 0.375. The number of piperidine rings is 1. The number of benzene rings is 2. The molecule has 3 aromatic rings. The minimum Gasteiger partial charge on any atom is -0.508 e. The summed E-state index contributed by atoms with van der Waals surface area (Å²) in [6.45, 7) is 11.1. The van der Waals surface area contributed by atoms with E-state index >= 15 is 0 Å². The van der Waals surface area contributed by atoms with Crippen molar-refractivity contribution in [3.05, 3.63) is 42.0 Å². The maximum Gasteiger partial charge on any atom is 0.319 e. The zero-order chi connectivity index (χ0) is 27.0. The second-order valence-electron chi connectivity index (χ2n) is 10.5. The number of rotatable bonds is 5. The number of hydrogen-bond donors (Lipinski definition) is 3. The van der Waals surface area contributed by atoms with E-state index in [1.807, 2.05) is 43.0 Å². The molecule has 3 heterocycles. The lowest BCUT2D eigenvalue weighted by Crippen LogP contribution is -2.53. The molecule has 0 spiro atoms. The molecule has 2 aliphatic rings. The van der Waals surface area contributed by atoms with Gasteiger partial charge in [-0.3, -0.25) is 9.69 Å². The van der Waals surface area contributed by atoms with Gasteiger partial charge in [0.1, 0.15) is 11.5 Å². The summed E-state index contributed by atoms with van der Waals surface area (Å²) in [5.41, 5.74) is 2.82. The highest BCUT2D eigenvalue weighted by Crippen LogP contribution is 2.39. The number of aromatic hydroxyl groups is 3. The lowest BCUT2D eigenvalue weighted by molar-refractivity contribution is -0.130. The van der Waals surface area contributed by atoms with Gasteiger partial charge >= 0.3 is 6.01 Å². The van der Waals surface area contributed by atoms with Crippen LogP contribution in [0.1, 0.15) is 45.1 Å². The van der Waals surface area contributed by atoms with Gasteiger partial charge in [-0.05, 0) is 54.7 Å². The molecule has 2 aliphatic heterocycles. The third-order valence-corrected chi connectivity index (χ3v) is 7.87. The molecule has 0 saturated carbocycles. The van der Waals surface area contributed by atoms with Crippen LogP contribution >= 0.6 is 0 Å². The zero-order valence-electron chi connectivity index (χ0n) is 22.2. The van der Waals surface area contributed by atoms with Crippen molar-refractivity contribution in [3.63, 3.8) is 0 Å². The molecule has 2 fully saturated rings. The second-order valence-corrected chi connectivity index (χ2v) is 10.5. The summed E-state index contributed by atoms with van der Waals surface area (Å²) < 4.78 is 1.49. The van der Waals surface area contributed by atoms with Gasteiger partial charge in [0.15, 0.2) is 5.82 Å². The van der Waals surface area contributed by atoms with Crippen LogP contribution < -0.4 is 4.90 Å². The third kappa shape index (κ3) is 5.00. The lowest BCUT2D eigenvalue weighted by Gasteiger charge is -2.43. The normalized spacial score (nSPS) is 17.4. The molecule has 0 aliphatic carbocycles. The van der Waals surface area contributed by atoms with Crippen LogP contribution in [0.4, 0.5) is 5.69 Å². The topological polar surface area (TPSA) is 118 Å². The van der Waals surface area contributed by atoms with Gasteiger partial charge < -0.3 is 25.1 Å². The average molecular weight is 521 g/mol. The number of carbonyl (C=O) groups excluding carboxylic acids is 1. The fourth-order valence-corrected chi connectivity index (χ4v) is 5.63. The molecule has 0 atom stereocenters. The van der Waals surface area contributed by atoms with Crippen LogP contribution in [-0.2, 0) is 4.79 Å². The number of aromatic nitrogens is 3. The summed E-state index contributed by atoms with van der Waals surface area (Å²) >= 11 is 0. The van der Waals surface area contributed by atoms with Crippen LogP contribution in [0.15, 0.2) is 36.4 Å². The van der Waals surface area contributed by atoms with Crippen LogP contribution in [0.3, 0.4) is 0 Å². The first-order valence-corrected chi connectivity index (χ1v) is 13.3. The quantitative estimate of drug-likeness (QED) is 0.469. The molecule has 1 aromatic heterocycles. The van der Waals surface area contributed by atoms with E-state index in [1.54, 1.807) is 13.0 Å². The molecule has 2 saturated heterocycles. The number of carbonyl (C=O) groups is 1. The van der Waals surface area contributed by atoms with E-state index in [0.717, 1.165) is 57.8 Å². The van der Waals surface area contributed by atoms with Gasteiger partial charge in [-0.2, -0.15) is 0 Å². The minimum atomic E-state index is -0.282. The molecule has 10 heteroatoms. The largest absolute Gasteiger partial charge is 0.508 e. The molecule has 0 radical (unpaired) electrons. The Balaban J connectivity index is 1.29. The molecular weight excluding hydrogens is 484 g/mol. The van der Waals surface area contributed by atoms with Crippen molar-refractivity contribution in [1.82, 2.24) is 24.6 Å². The van der Waals surface area contributed by atoms with Gasteiger partial charge in [0.25, 0.3) is 0 Å². The van der Waals surface area contributed by atoms with Gasteiger partial charge in [0.2, 0.25) is 5.91 Å². The summed E-state index contributed by atoms with van der Waals surface area (Å²) in [5, 5.41) is 39.2. The molecule has 0 bridgehead atoms. The maximum absolute atomic E-state index is 11.6. The van der Waals surface area contributed by atoms with Crippen molar-refractivity contribution in [1.29, 1.82) is 0 Å². The predicted octanol–water partition coefficient (Wildman–Crippen LogP) is 3.31. The zero-order valence-corrected chi connectivity index (χ0v) is 22.2. The number of anilines is 1. The summed E-state index contributed by atoms with van der Waals surface area (Å²) in [6, 6.07) is 11.1. The van der Waals surface area contributed by atoms with Crippen molar-refractivity contribution in [2.75, 3.05) is 44.2 Å². The lowest BCUT2D eigenvalue weighted by atomic mass is 9.98. The predicted molar refractivity (Wildman–Crippen MR) is 145 cm³/mol. The molecule has 38 heavy (non-hydrogen) atoms. The van der Waals surface area contributed by atoms with Crippen molar-refractivity contribution in [2.24, 2.45) is 0 Å². The Labute approximate surface area is 222 Å². The first-order valence-electron chi connectivity index (χ1n) is 13.3. The van der Waals surface area contributed by atoms with Crippen LogP contribution in [-0.4, -0.2) is 91.1 Å². The number of hydrogen-bond acceptors (Lipinski definition) is 8. The first kappa shape index (κ1) is 25.8. The minimum absolute atomic E-state index is 0.0162. The number of likely N-dealkylation sites (tertiary alicyclic amines) is 1. The van der Waals surface area contributed by atoms with E-state index in [0.29, 0.717) is 28.7 Å².